The van der Waals surface area contributed by atoms with Crippen LogP contribution in [-0.4, -0.2) is 12.6 Å². The van der Waals surface area contributed by atoms with Gasteiger partial charge in [-0.25, -0.2) is 0 Å². The summed E-state index contributed by atoms with van der Waals surface area (Å²) in [5.74, 6) is 0.525. The van der Waals surface area contributed by atoms with Gasteiger partial charge in [-0.05, 0) is 18.8 Å². The van der Waals surface area contributed by atoms with Crippen molar-refractivity contribution < 1.29 is 9.53 Å². The van der Waals surface area contributed by atoms with Crippen LogP contribution in [0.3, 0.4) is 0 Å². The standard InChI is InChI=1S/C9H14O2/c1-3-4-8-5-7(2)6-11-9(8)10/h3,7-8H,1,4-6H2,2H3/t7-,8+/m1/s1. The van der Waals surface area contributed by atoms with E-state index >= 15 is 0 Å². The van der Waals surface area contributed by atoms with Gasteiger partial charge in [0.2, 0.25) is 0 Å². The Hall–Kier alpha value is -0.790. The maximum atomic E-state index is 11.1. The van der Waals surface area contributed by atoms with Crippen molar-refractivity contribution in [3.8, 4) is 0 Å². The summed E-state index contributed by atoms with van der Waals surface area (Å²) in [7, 11) is 0. The first-order valence-electron chi connectivity index (χ1n) is 4.01. The number of cyclic esters (lactones) is 1. The first kappa shape index (κ1) is 8.31. The third kappa shape index (κ3) is 2.07. The van der Waals surface area contributed by atoms with Gasteiger partial charge in [0.05, 0.1) is 12.5 Å². The predicted octanol–water partition coefficient (Wildman–Crippen LogP) is 1.76. The molecule has 2 nitrogen and oxygen atoms in total. The van der Waals surface area contributed by atoms with E-state index in [-0.39, 0.29) is 11.9 Å². The molecule has 0 aliphatic carbocycles. The molecule has 0 saturated carbocycles. The van der Waals surface area contributed by atoms with Gasteiger partial charge in [-0.1, -0.05) is 13.0 Å². The molecule has 1 aliphatic rings. The van der Waals surface area contributed by atoms with Crippen LogP contribution in [0.4, 0.5) is 0 Å². The first-order valence-corrected chi connectivity index (χ1v) is 4.01. The number of hydrogen-bond acceptors (Lipinski definition) is 2. The van der Waals surface area contributed by atoms with E-state index in [1.54, 1.807) is 6.08 Å². The summed E-state index contributed by atoms with van der Waals surface area (Å²) in [5.41, 5.74) is 0. The second-order valence-corrected chi connectivity index (χ2v) is 3.19. The number of carbonyl (C=O) groups is 1. The Kier molecular flexibility index (Phi) is 2.69. The molecule has 0 spiro atoms. The van der Waals surface area contributed by atoms with E-state index in [0.717, 1.165) is 12.8 Å². The van der Waals surface area contributed by atoms with Gasteiger partial charge >= 0.3 is 5.97 Å². The largest absolute Gasteiger partial charge is 0.465 e. The van der Waals surface area contributed by atoms with Gasteiger partial charge in [-0.3, -0.25) is 4.79 Å². The normalized spacial score (nSPS) is 31.2. The van der Waals surface area contributed by atoms with E-state index in [1.807, 2.05) is 0 Å². The molecule has 2 atom stereocenters. The molecule has 1 heterocycles. The zero-order valence-corrected chi connectivity index (χ0v) is 6.88. The Labute approximate surface area is 67.2 Å². The van der Waals surface area contributed by atoms with Crippen molar-refractivity contribution in [2.75, 3.05) is 6.61 Å². The average molecular weight is 154 g/mol. The molecule has 0 aromatic heterocycles. The maximum Gasteiger partial charge on any atom is 0.309 e. The van der Waals surface area contributed by atoms with Crippen LogP contribution in [0.2, 0.25) is 0 Å². The van der Waals surface area contributed by atoms with Gasteiger partial charge in [0.25, 0.3) is 0 Å². The molecule has 2 heteroatoms. The Bertz CT molecular complexity index is 163. The number of rotatable bonds is 2. The quantitative estimate of drug-likeness (QED) is 0.447. The Morgan fingerprint density at radius 3 is 3.18 bits per heavy atom. The van der Waals surface area contributed by atoms with Gasteiger partial charge in [0, 0.05) is 0 Å². The summed E-state index contributed by atoms with van der Waals surface area (Å²) in [6.07, 6.45) is 3.48. The second-order valence-electron chi connectivity index (χ2n) is 3.19. The van der Waals surface area contributed by atoms with E-state index < -0.39 is 0 Å². The van der Waals surface area contributed by atoms with Crippen LogP contribution >= 0.6 is 0 Å². The number of hydrogen-bond donors (Lipinski definition) is 0. The molecule has 0 unspecified atom stereocenters. The van der Waals surface area contributed by atoms with Crippen molar-refractivity contribution in [1.82, 2.24) is 0 Å². The van der Waals surface area contributed by atoms with Crippen LogP contribution in [0.25, 0.3) is 0 Å². The Morgan fingerprint density at radius 2 is 2.55 bits per heavy atom. The lowest BCUT2D eigenvalue weighted by molar-refractivity contribution is -0.155. The third-order valence-corrected chi connectivity index (χ3v) is 1.98. The van der Waals surface area contributed by atoms with Crippen molar-refractivity contribution >= 4 is 5.97 Å². The molecule has 0 N–H and O–H groups in total. The van der Waals surface area contributed by atoms with Crippen LogP contribution in [0.1, 0.15) is 19.8 Å². The number of ether oxygens (including phenoxy) is 1. The summed E-state index contributed by atoms with van der Waals surface area (Å²) in [4.78, 5) is 11.1. The SMILES string of the molecule is C=CC[C@H]1C[C@@H](C)COC1=O. The third-order valence-electron chi connectivity index (χ3n) is 1.98. The predicted molar refractivity (Wildman–Crippen MR) is 43.0 cm³/mol. The minimum absolute atomic E-state index is 0.0528. The number of esters is 1. The van der Waals surface area contributed by atoms with E-state index in [1.165, 1.54) is 0 Å². The van der Waals surface area contributed by atoms with Crippen molar-refractivity contribution in [2.45, 2.75) is 19.8 Å². The highest BCUT2D eigenvalue weighted by atomic mass is 16.5. The van der Waals surface area contributed by atoms with Crippen molar-refractivity contribution in [3.63, 3.8) is 0 Å². The van der Waals surface area contributed by atoms with Crippen molar-refractivity contribution in [2.24, 2.45) is 11.8 Å². The fourth-order valence-corrected chi connectivity index (χ4v) is 1.39. The minimum atomic E-state index is -0.0528. The lowest BCUT2D eigenvalue weighted by Gasteiger charge is -2.24. The molecule has 0 radical (unpaired) electrons. The Balaban J connectivity index is 2.46. The fourth-order valence-electron chi connectivity index (χ4n) is 1.39. The summed E-state index contributed by atoms with van der Waals surface area (Å²) in [5, 5.41) is 0. The molecule has 0 amide bonds. The van der Waals surface area contributed by atoms with Gasteiger partial charge in [0.15, 0.2) is 0 Å². The fraction of sp³-hybridized carbons (Fsp3) is 0.667. The van der Waals surface area contributed by atoms with Crippen molar-refractivity contribution in [3.05, 3.63) is 12.7 Å². The minimum Gasteiger partial charge on any atom is -0.465 e. The number of allylic oxidation sites excluding steroid dienone is 1. The topological polar surface area (TPSA) is 26.3 Å². The zero-order valence-electron chi connectivity index (χ0n) is 6.88. The highest BCUT2D eigenvalue weighted by Gasteiger charge is 2.26. The summed E-state index contributed by atoms with van der Waals surface area (Å²) >= 11 is 0. The van der Waals surface area contributed by atoms with Crippen LogP contribution in [0.15, 0.2) is 12.7 Å². The molecule has 11 heavy (non-hydrogen) atoms. The molecule has 62 valence electrons. The second kappa shape index (κ2) is 3.56. The summed E-state index contributed by atoms with van der Waals surface area (Å²) in [6.45, 7) is 6.30. The smallest absolute Gasteiger partial charge is 0.309 e. The van der Waals surface area contributed by atoms with Gasteiger partial charge in [0.1, 0.15) is 0 Å². The molecule has 0 aromatic carbocycles. The van der Waals surface area contributed by atoms with E-state index in [4.69, 9.17) is 4.74 Å². The number of carbonyl (C=O) groups excluding carboxylic acids is 1. The monoisotopic (exact) mass is 154 g/mol. The average Bonchev–Trinajstić information content (AvgIpc) is 1.98. The molecule has 0 bridgehead atoms. The highest BCUT2D eigenvalue weighted by molar-refractivity contribution is 5.73. The highest BCUT2D eigenvalue weighted by Crippen LogP contribution is 2.22. The lowest BCUT2D eigenvalue weighted by atomic mass is 9.91. The molecule has 1 rings (SSSR count). The summed E-state index contributed by atoms with van der Waals surface area (Å²) in [6, 6.07) is 0. The zero-order chi connectivity index (χ0) is 8.27. The van der Waals surface area contributed by atoms with Crippen molar-refractivity contribution in [1.29, 1.82) is 0 Å². The van der Waals surface area contributed by atoms with Gasteiger partial charge in [-0.2, -0.15) is 0 Å². The molecule has 1 aliphatic heterocycles. The maximum absolute atomic E-state index is 11.1. The molecule has 1 fully saturated rings. The molecule has 1 saturated heterocycles. The van der Waals surface area contributed by atoms with Crippen LogP contribution in [0, 0.1) is 11.8 Å². The molecule has 0 aromatic rings. The van der Waals surface area contributed by atoms with E-state index in [0.29, 0.717) is 12.5 Å². The lowest BCUT2D eigenvalue weighted by Crippen LogP contribution is -2.28. The molecular formula is C9H14O2. The molecular weight excluding hydrogens is 140 g/mol. The van der Waals surface area contributed by atoms with Gasteiger partial charge in [-0.15, -0.1) is 6.58 Å². The van der Waals surface area contributed by atoms with Crippen LogP contribution < -0.4 is 0 Å². The van der Waals surface area contributed by atoms with Crippen LogP contribution in [0.5, 0.6) is 0 Å². The van der Waals surface area contributed by atoms with Gasteiger partial charge < -0.3 is 4.74 Å². The van der Waals surface area contributed by atoms with E-state index in [9.17, 15) is 4.79 Å². The summed E-state index contributed by atoms with van der Waals surface area (Å²) < 4.78 is 4.97. The van der Waals surface area contributed by atoms with Crippen LogP contribution in [-0.2, 0) is 9.53 Å². The first-order chi connectivity index (χ1) is 5.24. The van der Waals surface area contributed by atoms with E-state index in [2.05, 4.69) is 13.5 Å². The Morgan fingerprint density at radius 1 is 1.82 bits per heavy atom.